The molecule has 3 heterocycles. The summed E-state index contributed by atoms with van der Waals surface area (Å²) in [7, 11) is 0. The molecule has 0 unspecified atom stereocenters. The monoisotopic (exact) mass is 415 g/mol. The smallest absolute Gasteiger partial charge is 0.274 e. The zero-order chi connectivity index (χ0) is 20.7. The Morgan fingerprint density at radius 3 is 2.86 bits per heavy atom. The van der Waals surface area contributed by atoms with E-state index in [-0.39, 0.29) is 29.8 Å². The van der Waals surface area contributed by atoms with E-state index in [9.17, 15) is 19.5 Å². The van der Waals surface area contributed by atoms with E-state index in [0.29, 0.717) is 18.1 Å². The van der Waals surface area contributed by atoms with Crippen LogP contribution in [0.15, 0.2) is 29.2 Å². The minimum Gasteiger partial charge on any atom is -0.503 e. The summed E-state index contributed by atoms with van der Waals surface area (Å²) in [6.07, 6.45) is 4.05. The summed E-state index contributed by atoms with van der Waals surface area (Å²) < 4.78 is 1.61. The molecule has 8 heteroatoms. The molecule has 0 aliphatic carbocycles. The van der Waals surface area contributed by atoms with Gasteiger partial charge < -0.3 is 19.9 Å². The lowest BCUT2D eigenvalue weighted by Gasteiger charge is -2.34. The lowest BCUT2D eigenvalue weighted by atomic mass is 10.1. The van der Waals surface area contributed by atoms with E-state index < -0.39 is 17.1 Å². The van der Waals surface area contributed by atoms with Crippen LogP contribution in [0.5, 0.6) is 5.75 Å². The van der Waals surface area contributed by atoms with Crippen LogP contribution >= 0.6 is 11.6 Å². The number of aromatic nitrogens is 1. The molecule has 1 atom stereocenters. The van der Waals surface area contributed by atoms with Crippen molar-refractivity contribution in [2.75, 3.05) is 13.1 Å². The third-order valence-electron chi connectivity index (χ3n) is 5.63. The van der Waals surface area contributed by atoms with Crippen LogP contribution in [0.3, 0.4) is 0 Å². The number of pyridine rings is 1. The molecular formula is C21H22ClN3O4. The van der Waals surface area contributed by atoms with Crippen molar-refractivity contribution in [3.8, 4) is 5.75 Å². The predicted molar refractivity (Wildman–Crippen MR) is 109 cm³/mol. The first-order chi connectivity index (χ1) is 13.9. The van der Waals surface area contributed by atoms with E-state index in [2.05, 4.69) is 5.32 Å². The SMILES string of the molecule is Cc1ccc(CNC(=O)c2cn3c(c(O)c2=O)C(=O)N2CCCC[C@H]3C2)c(Cl)c1. The van der Waals surface area contributed by atoms with Gasteiger partial charge in [-0.2, -0.15) is 0 Å². The molecule has 2 N–H and O–H groups in total. The summed E-state index contributed by atoms with van der Waals surface area (Å²) in [6.45, 7) is 3.20. The van der Waals surface area contributed by atoms with E-state index in [0.717, 1.165) is 30.4 Å². The molecule has 152 valence electrons. The molecule has 2 aromatic rings. The molecule has 2 aliphatic heterocycles. The van der Waals surface area contributed by atoms with Crippen molar-refractivity contribution in [3.05, 3.63) is 62.0 Å². The van der Waals surface area contributed by atoms with Crippen molar-refractivity contribution in [3.63, 3.8) is 0 Å². The standard InChI is InChI=1S/C21H22ClN3O4/c1-12-5-6-13(16(22)8-12)9-23-20(28)15-11-25-14-4-2-3-7-24(10-14)21(29)17(25)19(27)18(15)26/h5-6,8,11,14,27H,2-4,7,9-10H2,1H3,(H,23,28)/t14-/m0/s1. The van der Waals surface area contributed by atoms with Crippen molar-refractivity contribution in [1.82, 2.24) is 14.8 Å². The van der Waals surface area contributed by atoms with Crippen LogP contribution in [-0.4, -0.2) is 39.5 Å². The Morgan fingerprint density at radius 2 is 2.10 bits per heavy atom. The Hall–Kier alpha value is -2.80. The van der Waals surface area contributed by atoms with Crippen LogP contribution in [0, 0.1) is 6.92 Å². The number of nitrogens with one attached hydrogen (secondary N) is 1. The summed E-state index contributed by atoms with van der Waals surface area (Å²) in [6, 6.07) is 5.44. The molecule has 1 aromatic heterocycles. The number of carbonyl (C=O) groups is 2. The lowest BCUT2D eigenvalue weighted by molar-refractivity contribution is 0.0677. The third kappa shape index (κ3) is 3.51. The van der Waals surface area contributed by atoms with Gasteiger partial charge in [0.15, 0.2) is 11.4 Å². The van der Waals surface area contributed by atoms with Gasteiger partial charge in [-0.05, 0) is 43.4 Å². The first kappa shape index (κ1) is 19.5. The zero-order valence-electron chi connectivity index (χ0n) is 16.1. The minimum absolute atomic E-state index is 0.0220. The molecule has 0 spiro atoms. The molecule has 7 nitrogen and oxygen atoms in total. The Kier molecular flexibility index (Phi) is 5.08. The van der Waals surface area contributed by atoms with Crippen molar-refractivity contribution in [1.29, 1.82) is 0 Å². The molecule has 1 saturated heterocycles. The fraction of sp³-hybridized carbons (Fsp3) is 0.381. The Labute approximate surface area is 172 Å². The van der Waals surface area contributed by atoms with Crippen LogP contribution in [0.25, 0.3) is 0 Å². The van der Waals surface area contributed by atoms with Gasteiger partial charge in [0, 0.05) is 30.9 Å². The quantitative estimate of drug-likeness (QED) is 0.806. The second-order valence-electron chi connectivity index (χ2n) is 7.65. The van der Waals surface area contributed by atoms with Gasteiger partial charge in [0.25, 0.3) is 11.8 Å². The molecule has 4 rings (SSSR count). The number of carbonyl (C=O) groups excluding carboxylic acids is 2. The Bertz CT molecular complexity index is 1060. The molecule has 2 aliphatic rings. The Balaban J connectivity index is 1.66. The number of rotatable bonds is 3. The number of halogens is 1. The van der Waals surface area contributed by atoms with Crippen LogP contribution < -0.4 is 10.7 Å². The predicted octanol–water partition coefficient (Wildman–Crippen LogP) is 2.63. The topological polar surface area (TPSA) is 91.6 Å². The number of benzene rings is 1. The van der Waals surface area contributed by atoms with Crippen molar-refractivity contribution >= 4 is 23.4 Å². The maximum Gasteiger partial charge on any atom is 0.274 e. The van der Waals surface area contributed by atoms with E-state index >= 15 is 0 Å². The minimum atomic E-state index is -0.836. The Morgan fingerprint density at radius 1 is 1.31 bits per heavy atom. The van der Waals surface area contributed by atoms with Gasteiger partial charge in [0.05, 0.1) is 6.04 Å². The normalized spacial score (nSPS) is 18.2. The average molecular weight is 416 g/mol. The van der Waals surface area contributed by atoms with Gasteiger partial charge in [-0.25, -0.2) is 0 Å². The second kappa shape index (κ2) is 7.55. The number of aryl methyl sites for hydroxylation is 1. The molecule has 0 saturated carbocycles. The maximum absolute atomic E-state index is 12.7. The number of hydrogen-bond donors (Lipinski definition) is 2. The summed E-state index contributed by atoms with van der Waals surface area (Å²) in [5.74, 6) is -1.63. The highest BCUT2D eigenvalue weighted by Gasteiger charge is 2.36. The average Bonchev–Trinajstić information content (AvgIpc) is 2.91. The zero-order valence-corrected chi connectivity index (χ0v) is 16.8. The largest absolute Gasteiger partial charge is 0.503 e. The maximum atomic E-state index is 12.7. The summed E-state index contributed by atoms with van der Waals surface area (Å²) >= 11 is 6.20. The van der Waals surface area contributed by atoms with Gasteiger partial charge in [0.2, 0.25) is 5.43 Å². The van der Waals surface area contributed by atoms with Gasteiger partial charge >= 0.3 is 0 Å². The third-order valence-corrected chi connectivity index (χ3v) is 5.98. The van der Waals surface area contributed by atoms with Crippen molar-refractivity contribution in [2.45, 2.75) is 38.8 Å². The highest BCUT2D eigenvalue weighted by molar-refractivity contribution is 6.31. The van der Waals surface area contributed by atoms with E-state index in [1.807, 2.05) is 19.1 Å². The van der Waals surface area contributed by atoms with Crippen molar-refractivity contribution in [2.24, 2.45) is 0 Å². The fourth-order valence-corrected chi connectivity index (χ4v) is 4.33. The van der Waals surface area contributed by atoms with Crippen molar-refractivity contribution < 1.29 is 14.7 Å². The van der Waals surface area contributed by atoms with Crippen LogP contribution in [-0.2, 0) is 6.54 Å². The van der Waals surface area contributed by atoms with Gasteiger partial charge in [0.1, 0.15) is 5.56 Å². The van der Waals surface area contributed by atoms with E-state index in [1.165, 1.54) is 6.20 Å². The first-order valence-corrected chi connectivity index (χ1v) is 10.0. The van der Waals surface area contributed by atoms with Gasteiger partial charge in [-0.1, -0.05) is 23.7 Å². The molecule has 0 radical (unpaired) electrons. The number of hydrogen-bond acceptors (Lipinski definition) is 4. The molecule has 2 amide bonds. The molecular weight excluding hydrogens is 394 g/mol. The summed E-state index contributed by atoms with van der Waals surface area (Å²) in [4.78, 5) is 39.7. The summed E-state index contributed by atoms with van der Waals surface area (Å²) in [5.41, 5.74) is 0.691. The molecule has 29 heavy (non-hydrogen) atoms. The molecule has 2 bridgehead atoms. The van der Waals surface area contributed by atoms with E-state index in [4.69, 9.17) is 11.6 Å². The molecule has 1 fully saturated rings. The lowest BCUT2D eigenvalue weighted by Crippen LogP contribution is -2.44. The molecule has 1 aromatic carbocycles. The van der Waals surface area contributed by atoms with Crippen LogP contribution in [0.4, 0.5) is 0 Å². The van der Waals surface area contributed by atoms with Crippen LogP contribution in [0.1, 0.15) is 57.3 Å². The van der Waals surface area contributed by atoms with Gasteiger partial charge in [-0.3, -0.25) is 14.4 Å². The highest BCUT2D eigenvalue weighted by Crippen LogP contribution is 2.31. The van der Waals surface area contributed by atoms with Crippen LogP contribution in [0.2, 0.25) is 5.02 Å². The second-order valence-corrected chi connectivity index (χ2v) is 8.06. The first-order valence-electron chi connectivity index (χ1n) is 9.67. The van der Waals surface area contributed by atoms with E-state index in [1.54, 1.807) is 15.5 Å². The van der Waals surface area contributed by atoms with Gasteiger partial charge in [-0.15, -0.1) is 0 Å². The number of nitrogens with zero attached hydrogens (tertiary/aromatic N) is 2. The number of amides is 2. The fourth-order valence-electron chi connectivity index (χ4n) is 4.03. The number of fused-ring (bicyclic) bond motifs is 4. The summed E-state index contributed by atoms with van der Waals surface area (Å²) in [5, 5.41) is 13.7. The highest BCUT2D eigenvalue weighted by atomic mass is 35.5. The number of aromatic hydroxyl groups is 1.